The van der Waals surface area contributed by atoms with Crippen molar-refractivity contribution in [2.75, 3.05) is 13.2 Å². The molecule has 0 heterocycles. The van der Waals surface area contributed by atoms with Gasteiger partial charge in [0.15, 0.2) is 0 Å². The van der Waals surface area contributed by atoms with Gasteiger partial charge in [0.1, 0.15) is 0 Å². The highest BCUT2D eigenvalue weighted by Gasteiger charge is 2.48. The Bertz CT molecular complexity index is 194. The molecule has 3 atom stereocenters. The summed E-state index contributed by atoms with van der Waals surface area (Å²) in [6.45, 7) is 12.2. The molecule has 0 radical (unpaired) electrons. The Morgan fingerprint density at radius 3 is 2.44 bits per heavy atom. The first-order valence-corrected chi connectivity index (χ1v) is 6.37. The number of hydrogen-bond acceptors (Lipinski definition) is 3. The van der Waals surface area contributed by atoms with Crippen molar-refractivity contribution in [2.45, 2.75) is 59.3 Å². The Hall–Kier alpha value is -0.120. The van der Waals surface area contributed by atoms with Crippen molar-refractivity contribution < 1.29 is 9.84 Å². The van der Waals surface area contributed by atoms with Crippen LogP contribution in [0.25, 0.3) is 0 Å². The third-order valence-corrected chi connectivity index (χ3v) is 3.47. The molecule has 1 saturated carbocycles. The van der Waals surface area contributed by atoms with Crippen LogP contribution in [0.15, 0.2) is 0 Å². The van der Waals surface area contributed by atoms with E-state index >= 15 is 0 Å². The third-order valence-electron chi connectivity index (χ3n) is 3.47. The van der Waals surface area contributed by atoms with Crippen LogP contribution in [-0.2, 0) is 4.74 Å². The summed E-state index contributed by atoms with van der Waals surface area (Å²) >= 11 is 0. The summed E-state index contributed by atoms with van der Waals surface area (Å²) < 4.78 is 5.89. The van der Waals surface area contributed by atoms with Gasteiger partial charge in [-0.1, -0.05) is 27.7 Å². The summed E-state index contributed by atoms with van der Waals surface area (Å²) in [4.78, 5) is 0. The van der Waals surface area contributed by atoms with Gasteiger partial charge in [0, 0.05) is 24.6 Å². The lowest BCUT2D eigenvalue weighted by Gasteiger charge is -2.52. The SMILES string of the molecule is CC(C)COC1CC(NC[C@H](C)O)C1(C)C. The first-order valence-electron chi connectivity index (χ1n) is 6.37. The Kier molecular flexibility index (Phi) is 4.77. The molecule has 0 aromatic rings. The quantitative estimate of drug-likeness (QED) is 0.729. The van der Waals surface area contributed by atoms with Gasteiger partial charge in [0.25, 0.3) is 0 Å². The molecule has 96 valence electrons. The van der Waals surface area contributed by atoms with Gasteiger partial charge in [-0.3, -0.25) is 0 Å². The van der Waals surface area contributed by atoms with Crippen molar-refractivity contribution >= 4 is 0 Å². The molecule has 1 fully saturated rings. The molecule has 1 rings (SSSR count). The van der Waals surface area contributed by atoms with Crippen LogP contribution in [0, 0.1) is 11.3 Å². The maximum atomic E-state index is 9.24. The Morgan fingerprint density at radius 1 is 1.38 bits per heavy atom. The maximum absolute atomic E-state index is 9.24. The van der Waals surface area contributed by atoms with E-state index in [4.69, 9.17) is 4.74 Å². The molecule has 1 aliphatic carbocycles. The van der Waals surface area contributed by atoms with Crippen molar-refractivity contribution in [3.05, 3.63) is 0 Å². The fourth-order valence-electron chi connectivity index (χ4n) is 2.14. The highest BCUT2D eigenvalue weighted by Crippen LogP contribution is 2.42. The highest BCUT2D eigenvalue weighted by atomic mass is 16.5. The van der Waals surface area contributed by atoms with E-state index in [1.807, 2.05) is 6.92 Å². The molecule has 0 saturated heterocycles. The van der Waals surface area contributed by atoms with Crippen LogP contribution in [0.2, 0.25) is 0 Å². The van der Waals surface area contributed by atoms with E-state index in [0.29, 0.717) is 24.6 Å². The second-order valence-corrected chi connectivity index (χ2v) is 6.08. The van der Waals surface area contributed by atoms with E-state index in [1.165, 1.54) is 0 Å². The van der Waals surface area contributed by atoms with Gasteiger partial charge in [0.05, 0.1) is 12.2 Å². The van der Waals surface area contributed by atoms with Gasteiger partial charge in [0.2, 0.25) is 0 Å². The molecule has 3 nitrogen and oxygen atoms in total. The zero-order chi connectivity index (χ0) is 12.3. The maximum Gasteiger partial charge on any atom is 0.0656 e. The minimum Gasteiger partial charge on any atom is -0.392 e. The lowest BCUT2D eigenvalue weighted by atomic mass is 9.64. The van der Waals surface area contributed by atoms with Crippen molar-refractivity contribution in [1.29, 1.82) is 0 Å². The Morgan fingerprint density at radius 2 is 2.00 bits per heavy atom. The van der Waals surface area contributed by atoms with E-state index < -0.39 is 0 Å². The molecule has 0 aliphatic heterocycles. The van der Waals surface area contributed by atoms with E-state index in [2.05, 4.69) is 33.0 Å². The van der Waals surface area contributed by atoms with E-state index in [9.17, 15) is 5.11 Å². The average Bonchev–Trinajstić information content (AvgIpc) is 2.14. The van der Waals surface area contributed by atoms with Crippen LogP contribution >= 0.6 is 0 Å². The normalized spacial score (nSPS) is 30.2. The van der Waals surface area contributed by atoms with Gasteiger partial charge in [-0.2, -0.15) is 0 Å². The molecule has 16 heavy (non-hydrogen) atoms. The van der Waals surface area contributed by atoms with Gasteiger partial charge in [-0.25, -0.2) is 0 Å². The van der Waals surface area contributed by atoms with Crippen molar-refractivity contribution in [3.63, 3.8) is 0 Å². The molecule has 0 amide bonds. The predicted molar refractivity (Wildman–Crippen MR) is 66.4 cm³/mol. The number of rotatable bonds is 6. The topological polar surface area (TPSA) is 41.5 Å². The summed E-state index contributed by atoms with van der Waals surface area (Å²) in [6.07, 6.45) is 1.15. The van der Waals surface area contributed by atoms with Crippen molar-refractivity contribution in [3.8, 4) is 0 Å². The van der Waals surface area contributed by atoms with Gasteiger partial charge in [-0.15, -0.1) is 0 Å². The highest BCUT2D eigenvalue weighted by molar-refractivity contribution is 5.02. The smallest absolute Gasteiger partial charge is 0.0656 e. The largest absolute Gasteiger partial charge is 0.392 e. The van der Waals surface area contributed by atoms with Crippen molar-refractivity contribution in [2.24, 2.45) is 11.3 Å². The molecule has 1 aliphatic rings. The van der Waals surface area contributed by atoms with Gasteiger partial charge < -0.3 is 15.2 Å². The van der Waals surface area contributed by atoms with E-state index in [0.717, 1.165) is 13.0 Å². The minimum atomic E-state index is -0.272. The lowest BCUT2D eigenvalue weighted by Crippen LogP contribution is -2.61. The zero-order valence-electron chi connectivity index (χ0n) is 11.3. The summed E-state index contributed by atoms with van der Waals surface area (Å²) in [5.74, 6) is 0.597. The van der Waals surface area contributed by atoms with Crippen LogP contribution < -0.4 is 5.32 Å². The number of nitrogens with one attached hydrogen (secondary N) is 1. The fourth-order valence-corrected chi connectivity index (χ4v) is 2.14. The second kappa shape index (κ2) is 5.48. The van der Waals surface area contributed by atoms with Crippen molar-refractivity contribution in [1.82, 2.24) is 5.32 Å². The zero-order valence-corrected chi connectivity index (χ0v) is 11.3. The summed E-state index contributed by atoms with van der Waals surface area (Å²) in [6, 6.07) is 0.472. The van der Waals surface area contributed by atoms with Crippen LogP contribution in [0.5, 0.6) is 0 Å². The average molecular weight is 229 g/mol. The first-order chi connectivity index (χ1) is 7.34. The molecule has 3 heteroatoms. The molecule has 0 bridgehead atoms. The van der Waals surface area contributed by atoms with Gasteiger partial charge >= 0.3 is 0 Å². The molecule has 0 aromatic carbocycles. The molecular weight excluding hydrogens is 202 g/mol. The predicted octanol–water partition coefficient (Wildman–Crippen LogP) is 1.80. The van der Waals surface area contributed by atoms with Crippen LogP contribution in [0.4, 0.5) is 0 Å². The monoisotopic (exact) mass is 229 g/mol. The van der Waals surface area contributed by atoms with Crippen LogP contribution in [-0.4, -0.2) is 36.5 Å². The second-order valence-electron chi connectivity index (χ2n) is 6.08. The van der Waals surface area contributed by atoms with E-state index in [1.54, 1.807) is 0 Å². The summed E-state index contributed by atoms with van der Waals surface area (Å²) in [7, 11) is 0. The Labute approximate surface area is 99.6 Å². The van der Waals surface area contributed by atoms with Gasteiger partial charge in [-0.05, 0) is 19.3 Å². The molecule has 0 spiro atoms. The molecule has 2 N–H and O–H groups in total. The minimum absolute atomic E-state index is 0.184. The number of hydrogen-bond donors (Lipinski definition) is 2. The summed E-state index contributed by atoms with van der Waals surface area (Å²) in [5.41, 5.74) is 0.184. The number of ether oxygens (including phenoxy) is 1. The number of aliphatic hydroxyl groups is 1. The Balaban J connectivity index is 2.29. The molecule has 0 aromatic heterocycles. The lowest BCUT2D eigenvalue weighted by molar-refractivity contribution is -0.124. The first kappa shape index (κ1) is 13.9. The van der Waals surface area contributed by atoms with E-state index in [-0.39, 0.29) is 11.5 Å². The summed E-state index contributed by atoms with van der Waals surface area (Å²) in [5, 5.41) is 12.6. The van der Waals surface area contributed by atoms with Crippen LogP contribution in [0.1, 0.15) is 41.0 Å². The third kappa shape index (κ3) is 3.44. The molecular formula is C13H27NO2. The molecule has 2 unspecified atom stereocenters. The number of aliphatic hydroxyl groups excluding tert-OH is 1. The fraction of sp³-hybridized carbons (Fsp3) is 1.00. The standard InChI is InChI=1S/C13H27NO2/c1-9(2)8-16-12-6-11(13(12,4)5)14-7-10(3)15/h9-12,14-15H,6-8H2,1-5H3/t10-,11?,12?/m0/s1. The van der Waals surface area contributed by atoms with Crippen LogP contribution in [0.3, 0.4) is 0 Å².